The summed E-state index contributed by atoms with van der Waals surface area (Å²) in [6.07, 6.45) is 2.21. The second-order valence-electron chi connectivity index (χ2n) is 7.34. The van der Waals surface area contributed by atoms with Crippen LogP contribution in [0.4, 0.5) is 11.4 Å². The zero-order valence-electron chi connectivity index (χ0n) is 16.3. The highest BCUT2D eigenvalue weighted by Gasteiger charge is 2.22. The largest absolute Gasteiger partial charge is 0.325 e. The fourth-order valence-corrected chi connectivity index (χ4v) is 4.53. The quantitative estimate of drug-likeness (QED) is 0.807. The first-order valence-electron chi connectivity index (χ1n) is 9.52. The van der Waals surface area contributed by atoms with Crippen molar-refractivity contribution in [2.24, 2.45) is 5.92 Å². The van der Waals surface area contributed by atoms with Crippen molar-refractivity contribution in [3.63, 3.8) is 0 Å². The molecule has 2 aromatic rings. The van der Waals surface area contributed by atoms with Crippen LogP contribution in [0.2, 0.25) is 0 Å². The maximum Gasteiger partial charge on any atom is 0.264 e. The smallest absolute Gasteiger partial charge is 0.264 e. The van der Waals surface area contributed by atoms with Crippen LogP contribution >= 0.6 is 0 Å². The predicted molar refractivity (Wildman–Crippen MR) is 112 cm³/mol. The van der Waals surface area contributed by atoms with Crippen molar-refractivity contribution in [2.45, 2.75) is 24.7 Å². The molecule has 0 bridgehead atoms. The zero-order valence-corrected chi connectivity index (χ0v) is 17.2. The van der Waals surface area contributed by atoms with Crippen molar-refractivity contribution in [1.29, 1.82) is 0 Å². The molecule has 0 atom stereocenters. The van der Waals surface area contributed by atoms with E-state index in [0.717, 1.165) is 25.9 Å². The molecular weight excluding hydrogens is 374 g/mol. The molecule has 0 saturated carbocycles. The standard InChI is InChI=1S/C21H27N3O3S/c1-17-11-13-24(14-12-17)16-21(25)22-18-7-6-10-20(15-18)28(26,27)23(2)19-8-4-3-5-9-19/h3-10,15,17H,11-14,16H2,1-2H3,(H,22,25). The molecule has 0 radical (unpaired) electrons. The number of sulfonamides is 1. The van der Waals surface area contributed by atoms with Gasteiger partial charge in [-0.3, -0.25) is 14.0 Å². The molecule has 7 heteroatoms. The second kappa shape index (κ2) is 8.75. The number of piperidine rings is 1. The van der Waals surface area contributed by atoms with E-state index in [1.165, 1.54) is 23.5 Å². The van der Waals surface area contributed by atoms with Gasteiger partial charge in [0.15, 0.2) is 0 Å². The van der Waals surface area contributed by atoms with Gasteiger partial charge in [0.2, 0.25) is 5.91 Å². The van der Waals surface area contributed by atoms with E-state index in [2.05, 4.69) is 17.1 Å². The molecule has 0 spiro atoms. The number of rotatable bonds is 6. The van der Waals surface area contributed by atoms with E-state index in [-0.39, 0.29) is 10.8 Å². The Morgan fingerprint density at radius 3 is 2.46 bits per heavy atom. The lowest BCUT2D eigenvalue weighted by atomic mass is 9.99. The fraction of sp³-hybridized carbons (Fsp3) is 0.381. The van der Waals surface area contributed by atoms with Gasteiger partial charge in [-0.1, -0.05) is 31.2 Å². The van der Waals surface area contributed by atoms with Gasteiger partial charge in [0.25, 0.3) is 10.0 Å². The number of hydrogen-bond donors (Lipinski definition) is 1. The van der Waals surface area contributed by atoms with Crippen LogP contribution < -0.4 is 9.62 Å². The van der Waals surface area contributed by atoms with E-state index in [1.54, 1.807) is 36.4 Å². The van der Waals surface area contributed by atoms with Crippen LogP contribution in [-0.4, -0.2) is 45.9 Å². The van der Waals surface area contributed by atoms with Gasteiger partial charge in [0, 0.05) is 12.7 Å². The number of likely N-dealkylation sites (tertiary alicyclic amines) is 1. The molecular formula is C21H27N3O3S. The number of carbonyl (C=O) groups is 1. The lowest BCUT2D eigenvalue weighted by Crippen LogP contribution is -2.38. The van der Waals surface area contributed by atoms with Gasteiger partial charge in [0.1, 0.15) is 0 Å². The number of hydrogen-bond acceptors (Lipinski definition) is 4. The Labute approximate surface area is 167 Å². The normalized spacial score (nSPS) is 15.9. The van der Waals surface area contributed by atoms with Crippen LogP contribution in [0, 0.1) is 5.92 Å². The van der Waals surface area contributed by atoms with Crippen molar-refractivity contribution in [1.82, 2.24) is 4.90 Å². The topological polar surface area (TPSA) is 69.7 Å². The first-order chi connectivity index (χ1) is 13.4. The maximum atomic E-state index is 12.9. The van der Waals surface area contributed by atoms with E-state index in [9.17, 15) is 13.2 Å². The van der Waals surface area contributed by atoms with Gasteiger partial charge in [-0.2, -0.15) is 0 Å². The average Bonchev–Trinajstić information content (AvgIpc) is 2.70. The monoisotopic (exact) mass is 401 g/mol. The summed E-state index contributed by atoms with van der Waals surface area (Å²) in [6, 6.07) is 15.3. The van der Waals surface area contributed by atoms with Crippen molar-refractivity contribution in [3.8, 4) is 0 Å². The lowest BCUT2D eigenvalue weighted by molar-refractivity contribution is -0.117. The Hall–Kier alpha value is -2.38. The molecule has 1 heterocycles. The molecule has 1 N–H and O–H groups in total. The van der Waals surface area contributed by atoms with Crippen molar-refractivity contribution < 1.29 is 13.2 Å². The van der Waals surface area contributed by atoms with Crippen LogP contribution in [-0.2, 0) is 14.8 Å². The Bertz CT molecular complexity index is 908. The lowest BCUT2D eigenvalue weighted by Gasteiger charge is -2.29. The summed E-state index contributed by atoms with van der Waals surface area (Å²) in [5.41, 5.74) is 1.06. The number of benzene rings is 2. The van der Waals surface area contributed by atoms with Gasteiger partial charge in [0.05, 0.1) is 17.1 Å². The van der Waals surface area contributed by atoms with Crippen LogP contribution in [0.1, 0.15) is 19.8 Å². The molecule has 1 amide bonds. The molecule has 0 unspecified atom stereocenters. The van der Waals surface area contributed by atoms with E-state index in [1.807, 2.05) is 6.07 Å². The van der Waals surface area contributed by atoms with E-state index in [4.69, 9.17) is 0 Å². The van der Waals surface area contributed by atoms with E-state index >= 15 is 0 Å². The molecule has 1 aliphatic rings. The number of amides is 1. The third-order valence-corrected chi connectivity index (χ3v) is 6.92. The summed E-state index contributed by atoms with van der Waals surface area (Å²) in [5.74, 6) is 0.586. The number of nitrogens with one attached hydrogen (secondary N) is 1. The Morgan fingerprint density at radius 2 is 1.79 bits per heavy atom. The Kier molecular flexibility index (Phi) is 6.36. The molecule has 2 aromatic carbocycles. The minimum Gasteiger partial charge on any atom is -0.325 e. The van der Waals surface area contributed by atoms with Gasteiger partial charge in [-0.25, -0.2) is 8.42 Å². The van der Waals surface area contributed by atoms with Gasteiger partial charge in [-0.05, 0) is 62.2 Å². The van der Waals surface area contributed by atoms with Gasteiger partial charge >= 0.3 is 0 Å². The van der Waals surface area contributed by atoms with E-state index in [0.29, 0.717) is 23.8 Å². The highest BCUT2D eigenvalue weighted by molar-refractivity contribution is 7.92. The minimum atomic E-state index is -3.71. The molecule has 1 saturated heterocycles. The number of carbonyl (C=O) groups excluding carboxylic acids is 1. The van der Waals surface area contributed by atoms with Gasteiger partial charge in [-0.15, -0.1) is 0 Å². The van der Waals surface area contributed by atoms with E-state index < -0.39 is 10.0 Å². The third-order valence-electron chi connectivity index (χ3n) is 5.14. The van der Waals surface area contributed by atoms with Crippen LogP contribution in [0.3, 0.4) is 0 Å². The number of nitrogens with zero attached hydrogens (tertiary/aromatic N) is 2. The predicted octanol–water partition coefficient (Wildman–Crippen LogP) is 3.18. The molecule has 0 aromatic heterocycles. The summed E-state index contributed by atoms with van der Waals surface area (Å²) in [5, 5.41) is 2.83. The summed E-state index contributed by atoms with van der Waals surface area (Å²) in [7, 11) is -2.19. The second-order valence-corrected chi connectivity index (χ2v) is 9.31. The summed E-state index contributed by atoms with van der Waals surface area (Å²) in [6.45, 7) is 4.40. The summed E-state index contributed by atoms with van der Waals surface area (Å²) < 4.78 is 27.1. The highest BCUT2D eigenvalue weighted by atomic mass is 32.2. The first kappa shape index (κ1) is 20.4. The summed E-state index contributed by atoms with van der Waals surface area (Å²) >= 11 is 0. The molecule has 0 aliphatic carbocycles. The Balaban J connectivity index is 1.68. The van der Waals surface area contributed by atoms with Crippen LogP contribution in [0.25, 0.3) is 0 Å². The Morgan fingerprint density at radius 1 is 1.11 bits per heavy atom. The molecule has 1 fully saturated rings. The molecule has 6 nitrogen and oxygen atoms in total. The van der Waals surface area contributed by atoms with Crippen LogP contribution in [0.5, 0.6) is 0 Å². The molecule has 1 aliphatic heterocycles. The van der Waals surface area contributed by atoms with Crippen molar-refractivity contribution in [3.05, 3.63) is 54.6 Å². The minimum absolute atomic E-state index is 0.125. The SMILES string of the molecule is CC1CCN(CC(=O)Nc2cccc(S(=O)(=O)N(C)c3ccccc3)c2)CC1. The van der Waals surface area contributed by atoms with Crippen LogP contribution in [0.15, 0.2) is 59.5 Å². The molecule has 150 valence electrons. The van der Waals surface area contributed by atoms with Crippen molar-refractivity contribution in [2.75, 3.05) is 36.3 Å². The van der Waals surface area contributed by atoms with Gasteiger partial charge < -0.3 is 5.32 Å². The first-order valence-corrected chi connectivity index (χ1v) is 11.0. The molecule has 3 rings (SSSR count). The number of anilines is 2. The third kappa shape index (κ3) is 4.91. The zero-order chi connectivity index (χ0) is 20.1. The highest BCUT2D eigenvalue weighted by Crippen LogP contribution is 2.23. The fourth-order valence-electron chi connectivity index (χ4n) is 3.29. The van der Waals surface area contributed by atoms with Crippen molar-refractivity contribution >= 4 is 27.3 Å². The summed E-state index contributed by atoms with van der Waals surface area (Å²) in [4.78, 5) is 14.6. The number of para-hydroxylation sites is 1. The molecule has 28 heavy (non-hydrogen) atoms. The maximum absolute atomic E-state index is 12.9. The average molecular weight is 402 g/mol.